The molecule has 0 spiro atoms. The van der Waals surface area contributed by atoms with E-state index in [0.717, 1.165) is 25.7 Å². The number of anilines is 1. The molecule has 1 aromatic carbocycles. The van der Waals surface area contributed by atoms with E-state index in [4.69, 9.17) is 0 Å². The molecular formula is C15H18BrN3O2S. The molecule has 0 radical (unpaired) electrons. The van der Waals surface area contributed by atoms with Crippen molar-refractivity contribution >= 4 is 38.9 Å². The highest BCUT2D eigenvalue weighted by Gasteiger charge is 2.11. The summed E-state index contributed by atoms with van der Waals surface area (Å²) in [6.45, 7) is 0.690. The molecule has 0 bridgehead atoms. The quantitative estimate of drug-likeness (QED) is 0.777. The van der Waals surface area contributed by atoms with Crippen molar-refractivity contribution in [1.29, 1.82) is 0 Å². The van der Waals surface area contributed by atoms with Crippen LogP contribution in [-0.4, -0.2) is 38.7 Å². The summed E-state index contributed by atoms with van der Waals surface area (Å²) in [5.41, 5.74) is 3.12. The number of rotatable bonds is 6. The molecule has 2 rings (SSSR count). The average molecular weight is 384 g/mol. The Bertz CT molecular complexity index is 641. The number of esters is 1. The first kappa shape index (κ1) is 16.9. The number of benzene rings is 1. The van der Waals surface area contributed by atoms with Gasteiger partial charge in [-0.05, 0) is 40.2 Å². The number of aromatic nitrogens is 1. The normalized spacial score (nSPS) is 10.5. The highest BCUT2D eigenvalue weighted by atomic mass is 79.9. The van der Waals surface area contributed by atoms with E-state index in [2.05, 4.69) is 60.1 Å². The van der Waals surface area contributed by atoms with Gasteiger partial charge < -0.3 is 15.0 Å². The van der Waals surface area contributed by atoms with Crippen LogP contribution < -0.4 is 10.2 Å². The van der Waals surface area contributed by atoms with E-state index in [9.17, 15) is 4.79 Å². The third kappa shape index (κ3) is 4.28. The van der Waals surface area contributed by atoms with Crippen LogP contribution in [0.5, 0.6) is 0 Å². The van der Waals surface area contributed by atoms with Gasteiger partial charge in [0.15, 0.2) is 0 Å². The van der Waals surface area contributed by atoms with Crippen molar-refractivity contribution in [1.82, 2.24) is 10.3 Å². The molecule has 5 nitrogen and oxygen atoms in total. The maximum Gasteiger partial charge on any atom is 0.319 e. The molecule has 7 heteroatoms. The number of carbonyl (C=O) groups is 1. The number of hydrogen-bond donors (Lipinski definition) is 1. The summed E-state index contributed by atoms with van der Waals surface area (Å²) in [5, 5.41) is 3.97. The largest absolute Gasteiger partial charge is 0.468 e. The summed E-state index contributed by atoms with van der Waals surface area (Å²) in [4.78, 5) is 17.8. The van der Waals surface area contributed by atoms with Gasteiger partial charge in [-0.2, -0.15) is 0 Å². The van der Waals surface area contributed by atoms with Crippen molar-refractivity contribution in [2.45, 2.75) is 6.54 Å². The maximum absolute atomic E-state index is 11.1. The molecule has 118 valence electrons. The molecule has 0 saturated carbocycles. The predicted molar refractivity (Wildman–Crippen MR) is 93.3 cm³/mol. The number of nitrogens with zero attached hydrogens (tertiary/aromatic N) is 2. The second kappa shape index (κ2) is 7.71. The van der Waals surface area contributed by atoms with E-state index >= 15 is 0 Å². The summed E-state index contributed by atoms with van der Waals surface area (Å²) >= 11 is 5.11. The molecule has 0 aliphatic carbocycles. The van der Waals surface area contributed by atoms with Crippen LogP contribution in [0.1, 0.15) is 5.69 Å². The van der Waals surface area contributed by atoms with Crippen molar-refractivity contribution in [3.05, 3.63) is 33.7 Å². The number of nitrogens with one attached hydrogen (secondary N) is 1. The standard InChI is InChI=1S/C15H18BrN3O2S/c1-19(2)11-6-4-10(5-7-11)15-18-12(14(16)22-15)8-17-9-13(20)21-3/h4-7,17H,8-9H2,1-3H3. The van der Waals surface area contributed by atoms with E-state index < -0.39 is 0 Å². The van der Waals surface area contributed by atoms with Crippen molar-refractivity contribution in [3.63, 3.8) is 0 Å². The molecule has 0 unspecified atom stereocenters. The van der Waals surface area contributed by atoms with Gasteiger partial charge in [-0.3, -0.25) is 4.79 Å². The lowest BCUT2D eigenvalue weighted by Crippen LogP contribution is -2.23. The molecule has 2 aromatic rings. The van der Waals surface area contributed by atoms with Crippen molar-refractivity contribution < 1.29 is 9.53 Å². The lowest BCUT2D eigenvalue weighted by Gasteiger charge is -2.11. The van der Waals surface area contributed by atoms with E-state index in [1.54, 1.807) is 11.3 Å². The lowest BCUT2D eigenvalue weighted by molar-refractivity contribution is -0.139. The fourth-order valence-corrected chi connectivity index (χ4v) is 3.33. The van der Waals surface area contributed by atoms with Gasteiger partial charge in [-0.25, -0.2) is 4.98 Å². The first-order valence-corrected chi connectivity index (χ1v) is 8.32. The number of hydrogen-bond acceptors (Lipinski definition) is 6. The molecule has 1 heterocycles. The van der Waals surface area contributed by atoms with Crippen molar-refractivity contribution in [2.75, 3.05) is 32.6 Å². The van der Waals surface area contributed by atoms with Crippen LogP contribution in [0, 0.1) is 0 Å². The molecule has 0 amide bonds. The first-order chi connectivity index (χ1) is 10.5. The monoisotopic (exact) mass is 383 g/mol. The zero-order valence-electron chi connectivity index (χ0n) is 12.7. The van der Waals surface area contributed by atoms with Crippen LogP contribution in [0.2, 0.25) is 0 Å². The number of halogens is 1. The zero-order chi connectivity index (χ0) is 16.1. The molecule has 0 fully saturated rings. The number of carbonyl (C=O) groups excluding carboxylic acids is 1. The minimum atomic E-state index is -0.286. The van der Waals surface area contributed by atoms with E-state index in [-0.39, 0.29) is 12.5 Å². The second-order valence-electron chi connectivity index (χ2n) is 4.86. The van der Waals surface area contributed by atoms with Gasteiger partial charge in [0, 0.05) is 31.9 Å². The Morgan fingerprint density at radius 2 is 2.05 bits per heavy atom. The maximum atomic E-state index is 11.1. The fraction of sp³-hybridized carbons (Fsp3) is 0.333. The smallest absolute Gasteiger partial charge is 0.319 e. The van der Waals surface area contributed by atoms with Crippen LogP contribution in [0.15, 0.2) is 28.1 Å². The summed E-state index contributed by atoms with van der Waals surface area (Å²) < 4.78 is 5.56. The molecule has 0 aliphatic heterocycles. The van der Waals surface area contributed by atoms with Gasteiger partial charge in [-0.15, -0.1) is 11.3 Å². The van der Waals surface area contributed by atoms with Crippen molar-refractivity contribution in [3.8, 4) is 10.6 Å². The molecule has 0 atom stereocenters. The van der Waals surface area contributed by atoms with Gasteiger partial charge in [0.2, 0.25) is 0 Å². The van der Waals surface area contributed by atoms with Crippen LogP contribution in [0.3, 0.4) is 0 Å². The van der Waals surface area contributed by atoms with E-state index in [0.29, 0.717) is 6.54 Å². The van der Waals surface area contributed by atoms with E-state index in [1.807, 2.05) is 14.1 Å². The summed E-state index contributed by atoms with van der Waals surface area (Å²) in [6, 6.07) is 8.26. The summed E-state index contributed by atoms with van der Waals surface area (Å²) in [7, 11) is 5.40. The summed E-state index contributed by atoms with van der Waals surface area (Å²) in [6.07, 6.45) is 0. The number of methoxy groups -OCH3 is 1. The molecule has 1 aromatic heterocycles. The minimum absolute atomic E-state index is 0.174. The Morgan fingerprint density at radius 3 is 2.64 bits per heavy atom. The van der Waals surface area contributed by atoms with Crippen LogP contribution in [0.4, 0.5) is 5.69 Å². The van der Waals surface area contributed by atoms with Gasteiger partial charge in [0.05, 0.1) is 23.1 Å². The first-order valence-electron chi connectivity index (χ1n) is 6.71. The average Bonchev–Trinajstić information content (AvgIpc) is 2.88. The molecule has 0 saturated heterocycles. The van der Waals surface area contributed by atoms with Crippen LogP contribution in [0.25, 0.3) is 10.6 Å². The molecular weight excluding hydrogens is 366 g/mol. The van der Waals surface area contributed by atoms with Gasteiger partial charge in [0.25, 0.3) is 0 Å². The highest BCUT2D eigenvalue weighted by Crippen LogP contribution is 2.32. The third-order valence-electron chi connectivity index (χ3n) is 3.07. The molecule has 0 aliphatic rings. The SMILES string of the molecule is COC(=O)CNCc1nc(-c2ccc(N(C)C)cc2)sc1Br. The Balaban J connectivity index is 2.07. The Hall–Kier alpha value is -1.44. The fourth-order valence-electron chi connectivity index (χ4n) is 1.82. The Kier molecular flexibility index (Phi) is 5.93. The third-order valence-corrected chi connectivity index (χ3v) is 4.95. The van der Waals surface area contributed by atoms with Gasteiger partial charge in [-0.1, -0.05) is 0 Å². The lowest BCUT2D eigenvalue weighted by atomic mass is 10.2. The number of ether oxygens (including phenoxy) is 1. The van der Waals surface area contributed by atoms with Crippen molar-refractivity contribution in [2.24, 2.45) is 0 Å². The second-order valence-corrected chi connectivity index (χ2v) is 7.18. The van der Waals surface area contributed by atoms with Crippen LogP contribution in [-0.2, 0) is 16.1 Å². The highest BCUT2D eigenvalue weighted by molar-refractivity contribution is 9.11. The number of thiazole rings is 1. The zero-order valence-corrected chi connectivity index (χ0v) is 15.1. The topological polar surface area (TPSA) is 54.5 Å². The van der Waals surface area contributed by atoms with Crippen LogP contribution >= 0.6 is 27.3 Å². The molecule has 1 N–H and O–H groups in total. The Labute approximate surface area is 142 Å². The van der Waals surface area contributed by atoms with Gasteiger partial charge >= 0.3 is 5.97 Å². The van der Waals surface area contributed by atoms with E-state index in [1.165, 1.54) is 7.11 Å². The molecule has 22 heavy (non-hydrogen) atoms. The summed E-state index contributed by atoms with van der Waals surface area (Å²) in [5.74, 6) is -0.286. The van der Waals surface area contributed by atoms with Gasteiger partial charge in [0.1, 0.15) is 5.01 Å². The Morgan fingerprint density at radius 1 is 1.36 bits per heavy atom. The predicted octanol–water partition coefficient (Wildman–Crippen LogP) is 2.90. The minimum Gasteiger partial charge on any atom is -0.468 e.